The number of ether oxygens (including phenoxy) is 3. The van der Waals surface area contributed by atoms with E-state index in [1.807, 2.05) is 4.90 Å². The number of benzene rings is 1. The normalized spacial score (nSPS) is 24.0. The number of carbonyl (C=O) groups is 2. The number of piperidine rings is 1. The van der Waals surface area contributed by atoms with Crippen molar-refractivity contribution in [2.45, 2.75) is 19.3 Å². The van der Waals surface area contributed by atoms with Crippen LogP contribution >= 0.6 is 0 Å². The molecule has 2 saturated heterocycles. The number of nitrogens with zero attached hydrogens (tertiary/aromatic N) is 2. The van der Waals surface area contributed by atoms with Crippen molar-refractivity contribution < 1.29 is 23.8 Å². The molecular weight excluding hydrogens is 350 g/mol. The molecule has 27 heavy (non-hydrogen) atoms. The highest BCUT2D eigenvalue weighted by atomic mass is 16.7. The standard InChI is InChI=1S/C19H25N3O5/c1-25-10-9-21-7-2-5-19(17(21)23)6-8-22(12-19)18(24)20-14-3-4-15-16(11-14)27-13-26-15/h3-4,11H,2,5-10,12-13H2,1H3,(H,20,24)/t19-/m0/s1. The molecule has 1 aromatic carbocycles. The Morgan fingerprint density at radius 2 is 2.11 bits per heavy atom. The first-order valence-electron chi connectivity index (χ1n) is 9.35. The smallest absolute Gasteiger partial charge is 0.321 e. The van der Waals surface area contributed by atoms with Crippen molar-refractivity contribution in [1.82, 2.24) is 9.80 Å². The van der Waals surface area contributed by atoms with Gasteiger partial charge in [-0.3, -0.25) is 4.79 Å². The minimum Gasteiger partial charge on any atom is -0.454 e. The summed E-state index contributed by atoms with van der Waals surface area (Å²) < 4.78 is 15.7. The first-order valence-corrected chi connectivity index (χ1v) is 9.35. The van der Waals surface area contributed by atoms with Gasteiger partial charge >= 0.3 is 6.03 Å². The van der Waals surface area contributed by atoms with Gasteiger partial charge in [-0.1, -0.05) is 0 Å². The minimum absolute atomic E-state index is 0.157. The lowest BCUT2D eigenvalue weighted by atomic mass is 9.78. The zero-order chi connectivity index (χ0) is 18.9. The molecule has 0 radical (unpaired) electrons. The average molecular weight is 375 g/mol. The summed E-state index contributed by atoms with van der Waals surface area (Å²) >= 11 is 0. The number of carbonyl (C=O) groups excluding carboxylic acids is 2. The molecule has 146 valence electrons. The van der Waals surface area contributed by atoms with Gasteiger partial charge in [0.15, 0.2) is 11.5 Å². The van der Waals surface area contributed by atoms with E-state index in [0.717, 1.165) is 19.4 Å². The van der Waals surface area contributed by atoms with Crippen LogP contribution in [0.15, 0.2) is 18.2 Å². The molecule has 0 bridgehead atoms. The molecule has 1 atom stereocenters. The number of fused-ring (bicyclic) bond motifs is 1. The van der Waals surface area contributed by atoms with Crippen molar-refractivity contribution in [3.05, 3.63) is 18.2 Å². The lowest BCUT2D eigenvalue weighted by Gasteiger charge is -2.39. The Hall–Kier alpha value is -2.48. The predicted molar refractivity (Wildman–Crippen MR) is 97.9 cm³/mol. The van der Waals surface area contributed by atoms with Crippen LogP contribution in [0.25, 0.3) is 0 Å². The van der Waals surface area contributed by atoms with Gasteiger partial charge in [0.2, 0.25) is 12.7 Å². The van der Waals surface area contributed by atoms with Crippen molar-refractivity contribution in [2.24, 2.45) is 5.41 Å². The predicted octanol–water partition coefficient (Wildman–Crippen LogP) is 1.91. The van der Waals surface area contributed by atoms with Gasteiger partial charge < -0.3 is 29.3 Å². The van der Waals surface area contributed by atoms with Crippen LogP contribution < -0.4 is 14.8 Å². The van der Waals surface area contributed by atoms with Gasteiger partial charge in [-0.2, -0.15) is 0 Å². The van der Waals surface area contributed by atoms with Crippen molar-refractivity contribution in [3.8, 4) is 11.5 Å². The molecule has 3 aliphatic rings. The van der Waals surface area contributed by atoms with Gasteiger partial charge in [-0.25, -0.2) is 4.79 Å². The van der Waals surface area contributed by atoms with Crippen molar-refractivity contribution in [3.63, 3.8) is 0 Å². The van der Waals surface area contributed by atoms with E-state index in [1.54, 1.807) is 30.2 Å². The number of nitrogens with one attached hydrogen (secondary N) is 1. The molecule has 4 rings (SSSR count). The molecule has 3 amide bonds. The van der Waals surface area contributed by atoms with Crippen molar-refractivity contribution in [2.75, 3.05) is 52.0 Å². The van der Waals surface area contributed by atoms with Gasteiger partial charge in [-0.15, -0.1) is 0 Å². The van der Waals surface area contributed by atoms with E-state index in [9.17, 15) is 9.59 Å². The van der Waals surface area contributed by atoms with E-state index in [1.165, 1.54) is 0 Å². The third-order valence-electron chi connectivity index (χ3n) is 5.65. The van der Waals surface area contributed by atoms with Crippen molar-refractivity contribution in [1.29, 1.82) is 0 Å². The second-order valence-electron chi connectivity index (χ2n) is 7.34. The number of amides is 3. The fourth-order valence-electron chi connectivity index (χ4n) is 4.17. The molecule has 8 heteroatoms. The molecule has 8 nitrogen and oxygen atoms in total. The molecule has 2 fully saturated rings. The third-order valence-corrected chi connectivity index (χ3v) is 5.65. The maximum atomic E-state index is 13.0. The number of hydrogen-bond donors (Lipinski definition) is 1. The largest absolute Gasteiger partial charge is 0.454 e. The average Bonchev–Trinajstić information content (AvgIpc) is 3.30. The first-order chi connectivity index (χ1) is 13.1. The SMILES string of the molecule is COCCN1CCC[C@@]2(CCN(C(=O)Nc3ccc4c(c3)OCO4)C2)C1=O. The monoisotopic (exact) mass is 375 g/mol. The highest BCUT2D eigenvalue weighted by Crippen LogP contribution is 2.40. The molecule has 3 heterocycles. The zero-order valence-corrected chi connectivity index (χ0v) is 15.5. The third kappa shape index (κ3) is 3.41. The van der Waals surface area contributed by atoms with E-state index < -0.39 is 5.41 Å². The minimum atomic E-state index is -0.446. The van der Waals surface area contributed by atoms with Gasteiger partial charge in [0.25, 0.3) is 0 Å². The highest BCUT2D eigenvalue weighted by molar-refractivity contribution is 5.91. The zero-order valence-electron chi connectivity index (χ0n) is 15.5. The summed E-state index contributed by atoms with van der Waals surface area (Å²) in [5, 5.41) is 2.90. The number of rotatable bonds is 4. The Morgan fingerprint density at radius 1 is 1.26 bits per heavy atom. The molecule has 1 spiro atoms. The quantitative estimate of drug-likeness (QED) is 0.870. The lowest BCUT2D eigenvalue weighted by Crippen LogP contribution is -2.51. The number of likely N-dealkylation sites (tertiary alicyclic amines) is 2. The summed E-state index contributed by atoms with van der Waals surface area (Å²) in [6.45, 7) is 3.17. The Labute approximate surface area is 158 Å². The van der Waals surface area contributed by atoms with E-state index in [0.29, 0.717) is 49.8 Å². The topological polar surface area (TPSA) is 80.3 Å². The molecule has 1 N–H and O–H groups in total. The van der Waals surface area contributed by atoms with E-state index in [-0.39, 0.29) is 18.7 Å². The summed E-state index contributed by atoms with van der Waals surface area (Å²) in [7, 11) is 1.64. The van der Waals surface area contributed by atoms with Crippen LogP contribution in [0.2, 0.25) is 0 Å². The summed E-state index contributed by atoms with van der Waals surface area (Å²) in [5.74, 6) is 1.46. The molecule has 0 unspecified atom stereocenters. The molecule has 1 aromatic rings. The maximum Gasteiger partial charge on any atom is 0.321 e. The van der Waals surface area contributed by atoms with Crippen LogP contribution in [0.1, 0.15) is 19.3 Å². The van der Waals surface area contributed by atoms with E-state index in [4.69, 9.17) is 14.2 Å². The van der Waals surface area contributed by atoms with Gasteiger partial charge in [-0.05, 0) is 31.4 Å². The first kappa shape index (κ1) is 17.9. The van der Waals surface area contributed by atoms with Crippen LogP contribution in [0.5, 0.6) is 11.5 Å². The molecular formula is C19H25N3O5. The summed E-state index contributed by atoms with van der Waals surface area (Å²) in [4.78, 5) is 29.3. The van der Waals surface area contributed by atoms with E-state index in [2.05, 4.69) is 5.32 Å². The Morgan fingerprint density at radius 3 is 2.96 bits per heavy atom. The summed E-state index contributed by atoms with van der Waals surface area (Å²) in [6.07, 6.45) is 2.51. The maximum absolute atomic E-state index is 13.0. The highest BCUT2D eigenvalue weighted by Gasteiger charge is 2.49. The lowest BCUT2D eigenvalue weighted by molar-refractivity contribution is -0.146. The Balaban J connectivity index is 1.39. The summed E-state index contributed by atoms with van der Waals surface area (Å²) in [5.41, 5.74) is 0.208. The molecule has 0 aromatic heterocycles. The number of anilines is 1. The molecule has 3 aliphatic heterocycles. The molecule has 0 aliphatic carbocycles. The van der Waals surface area contributed by atoms with E-state index >= 15 is 0 Å². The van der Waals surface area contributed by atoms with Crippen molar-refractivity contribution >= 4 is 17.6 Å². The van der Waals surface area contributed by atoms with Gasteiger partial charge in [0, 0.05) is 45.0 Å². The van der Waals surface area contributed by atoms with Crippen LogP contribution in [0, 0.1) is 5.41 Å². The van der Waals surface area contributed by atoms with Crippen LogP contribution in [-0.4, -0.2) is 68.4 Å². The van der Waals surface area contributed by atoms with Gasteiger partial charge in [0.05, 0.1) is 12.0 Å². The second kappa shape index (κ2) is 7.26. The van der Waals surface area contributed by atoms with Crippen LogP contribution in [0.4, 0.5) is 10.5 Å². The number of urea groups is 1. The second-order valence-corrected chi connectivity index (χ2v) is 7.34. The Bertz CT molecular complexity index is 740. The number of methoxy groups -OCH3 is 1. The Kier molecular flexibility index (Phi) is 4.82. The van der Waals surface area contributed by atoms with Crippen LogP contribution in [0.3, 0.4) is 0 Å². The fraction of sp³-hybridized carbons (Fsp3) is 0.579. The fourth-order valence-corrected chi connectivity index (χ4v) is 4.17. The molecule has 0 saturated carbocycles. The van der Waals surface area contributed by atoms with Gasteiger partial charge in [0.1, 0.15) is 0 Å². The van der Waals surface area contributed by atoms with Crippen LogP contribution in [-0.2, 0) is 9.53 Å². The number of hydrogen-bond acceptors (Lipinski definition) is 5. The summed E-state index contributed by atoms with van der Waals surface area (Å²) in [6, 6.07) is 5.13.